The van der Waals surface area contributed by atoms with Gasteiger partial charge in [0.05, 0.1) is 0 Å². The molecule has 0 bridgehead atoms. The van der Waals surface area contributed by atoms with Gasteiger partial charge in [-0.15, -0.1) is 0 Å². The van der Waals surface area contributed by atoms with Crippen molar-refractivity contribution in [3.63, 3.8) is 0 Å². The average Bonchev–Trinajstić information content (AvgIpc) is 2.48. The summed E-state index contributed by atoms with van der Waals surface area (Å²) in [5.74, 6) is 0.210. The molecule has 1 N–H and O–H groups in total. The first-order chi connectivity index (χ1) is 10.7. The van der Waals surface area contributed by atoms with Crippen LogP contribution < -0.4 is 0 Å². The Kier molecular flexibility index (Phi) is 3.91. The number of rotatable bonds is 2. The van der Waals surface area contributed by atoms with Gasteiger partial charge in [-0.25, -0.2) is 0 Å². The van der Waals surface area contributed by atoms with Crippen molar-refractivity contribution in [1.82, 2.24) is 0 Å². The van der Waals surface area contributed by atoms with E-state index in [1.807, 2.05) is 0 Å². The summed E-state index contributed by atoms with van der Waals surface area (Å²) >= 11 is 0. The van der Waals surface area contributed by atoms with E-state index in [0.29, 0.717) is 17.9 Å². The summed E-state index contributed by atoms with van der Waals surface area (Å²) in [6.45, 7) is 8.53. The first kappa shape index (κ1) is 16.6. The summed E-state index contributed by atoms with van der Waals surface area (Å²) in [6, 6.07) is 0. The first-order valence-corrected chi connectivity index (χ1v) is 8.87. The maximum absolute atomic E-state index is 12.9. The van der Waals surface area contributed by atoms with Crippen molar-refractivity contribution >= 4 is 11.6 Å². The monoisotopic (exact) mass is 316 g/mol. The smallest absolute Gasteiger partial charge is 0.185 e. The number of fused-ring (bicyclic) bond motifs is 2. The highest BCUT2D eigenvalue weighted by Gasteiger charge is 2.53. The minimum atomic E-state index is -0.270. The van der Waals surface area contributed by atoms with Crippen LogP contribution in [0, 0.1) is 22.7 Å². The summed E-state index contributed by atoms with van der Waals surface area (Å²) in [5.41, 5.74) is 2.07. The number of carbonyl (C=O) groups is 2. The molecule has 3 rings (SSSR count). The van der Waals surface area contributed by atoms with Gasteiger partial charge in [0.1, 0.15) is 0 Å². The molecular weight excluding hydrogens is 288 g/mol. The summed E-state index contributed by atoms with van der Waals surface area (Å²) < 4.78 is 0. The topological polar surface area (TPSA) is 54.4 Å². The highest BCUT2D eigenvalue weighted by atomic mass is 16.3. The molecule has 3 aliphatic carbocycles. The van der Waals surface area contributed by atoms with Crippen LogP contribution in [0.1, 0.15) is 59.8 Å². The number of aliphatic hydroxyl groups excluding tert-OH is 1. The lowest BCUT2D eigenvalue weighted by atomic mass is 9.49. The second-order valence-electron chi connectivity index (χ2n) is 8.58. The van der Waals surface area contributed by atoms with Gasteiger partial charge in [0, 0.05) is 34.7 Å². The fourth-order valence-electron chi connectivity index (χ4n) is 5.46. The minimum Gasteiger partial charge on any atom is -0.396 e. The van der Waals surface area contributed by atoms with Crippen LogP contribution in [0.25, 0.3) is 0 Å². The van der Waals surface area contributed by atoms with E-state index in [0.717, 1.165) is 30.4 Å². The van der Waals surface area contributed by atoms with Crippen LogP contribution >= 0.6 is 0 Å². The maximum atomic E-state index is 12.9. The van der Waals surface area contributed by atoms with Gasteiger partial charge in [0.25, 0.3) is 0 Å². The molecule has 0 radical (unpaired) electrons. The second kappa shape index (κ2) is 5.41. The van der Waals surface area contributed by atoms with Crippen molar-refractivity contribution in [2.75, 3.05) is 6.61 Å². The molecule has 0 amide bonds. The zero-order valence-electron chi connectivity index (χ0n) is 14.7. The standard InChI is InChI=1S/C20H28O3/c1-12(11-21)14-10-15(22)17-13(18(14)23)6-7-16-19(2,3)8-5-9-20(16,17)4/h10,12,16,21H,5-9,11H2,1-4H3. The Labute approximate surface area is 138 Å². The zero-order chi connectivity index (χ0) is 17.0. The number of carbonyl (C=O) groups excluding carboxylic acids is 2. The van der Waals surface area contributed by atoms with Crippen LogP contribution in [-0.2, 0) is 9.59 Å². The maximum Gasteiger partial charge on any atom is 0.185 e. The SMILES string of the molecule is CC(CO)C1=CC(=O)C2=C(CCC3C(C)(C)CCCC23C)C1=O. The molecule has 3 aliphatic rings. The van der Waals surface area contributed by atoms with Crippen LogP contribution in [0.4, 0.5) is 0 Å². The number of Topliss-reactive ketones (excluding diaryl/α,β-unsaturated/α-hetero) is 1. The Morgan fingerprint density at radius 3 is 2.61 bits per heavy atom. The molecule has 0 heterocycles. The molecule has 1 saturated carbocycles. The lowest BCUT2D eigenvalue weighted by Crippen LogP contribution is -2.48. The largest absolute Gasteiger partial charge is 0.396 e. The van der Waals surface area contributed by atoms with Gasteiger partial charge in [0.2, 0.25) is 0 Å². The van der Waals surface area contributed by atoms with Gasteiger partial charge in [0.15, 0.2) is 11.6 Å². The van der Waals surface area contributed by atoms with Crippen molar-refractivity contribution in [2.24, 2.45) is 22.7 Å². The number of allylic oxidation sites excluding steroid dienone is 3. The van der Waals surface area contributed by atoms with Gasteiger partial charge < -0.3 is 5.11 Å². The van der Waals surface area contributed by atoms with Crippen LogP contribution in [0.3, 0.4) is 0 Å². The molecule has 126 valence electrons. The molecule has 0 aliphatic heterocycles. The van der Waals surface area contributed by atoms with Crippen LogP contribution in [0.15, 0.2) is 22.8 Å². The first-order valence-electron chi connectivity index (χ1n) is 8.87. The van der Waals surface area contributed by atoms with Crippen LogP contribution in [0.5, 0.6) is 0 Å². The van der Waals surface area contributed by atoms with E-state index in [1.54, 1.807) is 6.92 Å². The molecule has 0 aromatic carbocycles. The molecule has 0 saturated heterocycles. The zero-order valence-corrected chi connectivity index (χ0v) is 14.7. The van der Waals surface area contributed by atoms with E-state index in [9.17, 15) is 14.7 Å². The Morgan fingerprint density at radius 2 is 1.96 bits per heavy atom. The molecule has 3 unspecified atom stereocenters. The average molecular weight is 316 g/mol. The molecule has 1 fully saturated rings. The number of aliphatic hydroxyl groups is 1. The number of ketones is 2. The predicted octanol–water partition coefficient (Wildman–Crippen LogP) is 3.62. The lowest BCUT2D eigenvalue weighted by molar-refractivity contribution is -0.119. The van der Waals surface area contributed by atoms with E-state index in [2.05, 4.69) is 20.8 Å². The highest BCUT2D eigenvalue weighted by molar-refractivity contribution is 6.23. The fraction of sp³-hybridized carbons (Fsp3) is 0.700. The van der Waals surface area contributed by atoms with Crippen molar-refractivity contribution in [3.8, 4) is 0 Å². The van der Waals surface area contributed by atoms with Crippen LogP contribution in [0.2, 0.25) is 0 Å². The summed E-state index contributed by atoms with van der Waals surface area (Å²) in [7, 11) is 0. The quantitative estimate of drug-likeness (QED) is 0.792. The van der Waals surface area contributed by atoms with Gasteiger partial charge >= 0.3 is 0 Å². The van der Waals surface area contributed by atoms with Crippen molar-refractivity contribution in [1.29, 1.82) is 0 Å². The molecule has 23 heavy (non-hydrogen) atoms. The molecular formula is C20H28O3. The van der Waals surface area contributed by atoms with Crippen molar-refractivity contribution in [3.05, 3.63) is 22.8 Å². The third-order valence-corrected chi connectivity index (χ3v) is 6.66. The normalized spacial score (nSPS) is 34.7. The van der Waals surface area contributed by atoms with Gasteiger partial charge in [-0.2, -0.15) is 0 Å². The van der Waals surface area contributed by atoms with E-state index in [4.69, 9.17) is 0 Å². The third-order valence-electron chi connectivity index (χ3n) is 6.66. The number of hydrogen-bond acceptors (Lipinski definition) is 3. The molecule has 3 atom stereocenters. The fourth-order valence-corrected chi connectivity index (χ4v) is 5.46. The molecule has 3 nitrogen and oxygen atoms in total. The lowest BCUT2D eigenvalue weighted by Gasteiger charge is -2.55. The summed E-state index contributed by atoms with van der Waals surface area (Å²) in [5, 5.41) is 9.37. The van der Waals surface area contributed by atoms with Gasteiger partial charge in [-0.05, 0) is 43.1 Å². The van der Waals surface area contributed by atoms with Gasteiger partial charge in [-0.3, -0.25) is 9.59 Å². The molecule has 0 aromatic rings. The van der Waals surface area contributed by atoms with E-state index >= 15 is 0 Å². The Balaban J connectivity index is 2.07. The Hall–Kier alpha value is -1.22. The summed E-state index contributed by atoms with van der Waals surface area (Å²) in [6.07, 6.45) is 6.51. The van der Waals surface area contributed by atoms with Gasteiger partial charge in [-0.1, -0.05) is 34.1 Å². The van der Waals surface area contributed by atoms with E-state index < -0.39 is 0 Å². The van der Waals surface area contributed by atoms with Crippen molar-refractivity contribution < 1.29 is 14.7 Å². The molecule has 0 aromatic heterocycles. The highest BCUT2D eigenvalue weighted by Crippen LogP contribution is 2.60. The Bertz CT molecular complexity index is 623. The minimum absolute atomic E-state index is 0.00389. The number of hydrogen-bond donors (Lipinski definition) is 1. The predicted molar refractivity (Wildman–Crippen MR) is 89.8 cm³/mol. The molecule has 3 heteroatoms. The Morgan fingerprint density at radius 1 is 1.26 bits per heavy atom. The van der Waals surface area contributed by atoms with Crippen LogP contribution in [-0.4, -0.2) is 23.3 Å². The van der Waals surface area contributed by atoms with E-state index in [-0.39, 0.29) is 34.9 Å². The third kappa shape index (κ3) is 2.36. The second-order valence-corrected chi connectivity index (χ2v) is 8.58. The summed E-state index contributed by atoms with van der Waals surface area (Å²) in [4.78, 5) is 25.8. The van der Waals surface area contributed by atoms with Crippen molar-refractivity contribution in [2.45, 2.75) is 59.8 Å². The van der Waals surface area contributed by atoms with E-state index in [1.165, 1.54) is 12.5 Å². The molecule has 0 spiro atoms.